The van der Waals surface area contributed by atoms with Crippen molar-refractivity contribution in [3.05, 3.63) is 42.6 Å². The Morgan fingerprint density at radius 2 is 2.17 bits per heavy atom. The summed E-state index contributed by atoms with van der Waals surface area (Å²) in [5.41, 5.74) is 2.43. The molecule has 0 aliphatic carbocycles. The number of alkyl halides is 1. The maximum absolute atomic E-state index is 4.74. The highest BCUT2D eigenvalue weighted by Crippen LogP contribution is 2.29. The predicted molar refractivity (Wildman–Crippen MR) is 81.2 cm³/mol. The monoisotopic (exact) mass is 306 g/mol. The first-order valence-electron chi connectivity index (χ1n) is 6.27. The Labute approximate surface area is 117 Å². The zero-order valence-corrected chi connectivity index (χ0v) is 12.6. The third kappa shape index (κ3) is 2.37. The summed E-state index contributed by atoms with van der Waals surface area (Å²) in [5.74, 6) is 0. The van der Waals surface area contributed by atoms with Gasteiger partial charge in [0.15, 0.2) is 0 Å². The minimum absolute atomic E-state index is 0.0513. The molecule has 2 rings (SSSR count). The van der Waals surface area contributed by atoms with Gasteiger partial charge in [0.05, 0.1) is 11.2 Å². The fraction of sp³-hybridized carbons (Fsp3) is 0.400. The Kier molecular flexibility index (Phi) is 3.91. The average Bonchev–Trinajstić information content (AvgIpc) is 2.77. The van der Waals surface area contributed by atoms with Gasteiger partial charge in [0.2, 0.25) is 0 Å². The molecular weight excluding hydrogens is 288 g/mol. The van der Waals surface area contributed by atoms with Crippen LogP contribution >= 0.6 is 15.9 Å². The van der Waals surface area contributed by atoms with Crippen molar-refractivity contribution in [3.8, 4) is 0 Å². The summed E-state index contributed by atoms with van der Waals surface area (Å²) in [6, 6.07) is 8.43. The van der Waals surface area contributed by atoms with Crippen molar-refractivity contribution in [2.24, 2.45) is 5.41 Å². The zero-order chi connectivity index (χ0) is 13.2. The van der Waals surface area contributed by atoms with Crippen molar-refractivity contribution in [1.82, 2.24) is 9.78 Å². The van der Waals surface area contributed by atoms with Crippen molar-refractivity contribution in [1.29, 1.82) is 0 Å². The fourth-order valence-electron chi connectivity index (χ4n) is 2.12. The second kappa shape index (κ2) is 5.27. The van der Waals surface area contributed by atoms with Gasteiger partial charge in [-0.2, -0.15) is 5.10 Å². The number of nitrogens with zero attached hydrogens (tertiary/aromatic N) is 2. The van der Waals surface area contributed by atoms with Gasteiger partial charge in [-0.25, -0.2) is 0 Å². The van der Waals surface area contributed by atoms with Gasteiger partial charge in [0, 0.05) is 29.1 Å². The van der Waals surface area contributed by atoms with Crippen LogP contribution in [0.15, 0.2) is 36.9 Å². The summed E-state index contributed by atoms with van der Waals surface area (Å²) in [5, 5.41) is 6.89. The SMILES string of the molecule is C=CC(C)(CBr)Cc1nn(CC)c2ccccc12. The normalized spacial score (nSPS) is 14.6. The van der Waals surface area contributed by atoms with Gasteiger partial charge in [-0.3, -0.25) is 4.68 Å². The van der Waals surface area contributed by atoms with Crippen LogP contribution in [0.25, 0.3) is 10.9 Å². The summed E-state index contributed by atoms with van der Waals surface area (Å²) >= 11 is 3.57. The van der Waals surface area contributed by atoms with Gasteiger partial charge in [-0.15, -0.1) is 6.58 Å². The van der Waals surface area contributed by atoms with Crippen LogP contribution < -0.4 is 0 Å². The number of hydrogen-bond donors (Lipinski definition) is 0. The first kappa shape index (κ1) is 13.3. The van der Waals surface area contributed by atoms with Crippen LogP contribution in [0.2, 0.25) is 0 Å². The molecule has 2 aromatic rings. The van der Waals surface area contributed by atoms with E-state index in [9.17, 15) is 0 Å². The molecule has 1 aromatic heterocycles. The zero-order valence-electron chi connectivity index (χ0n) is 11.0. The van der Waals surface area contributed by atoms with Crippen molar-refractivity contribution in [3.63, 3.8) is 0 Å². The number of para-hydroxylation sites is 1. The minimum Gasteiger partial charge on any atom is -0.265 e. The molecule has 3 heteroatoms. The smallest absolute Gasteiger partial charge is 0.0712 e. The molecule has 0 spiro atoms. The molecule has 1 aromatic carbocycles. The number of allylic oxidation sites excluding steroid dienone is 1. The van der Waals surface area contributed by atoms with E-state index in [-0.39, 0.29) is 5.41 Å². The van der Waals surface area contributed by atoms with Crippen molar-refractivity contribution >= 4 is 26.8 Å². The fourth-order valence-corrected chi connectivity index (χ4v) is 2.55. The minimum atomic E-state index is 0.0513. The van der Waals surface area contributed by atoms with E-state index in [4.69, 9.17) is 5.10 Å². The lowest BCUT2D eigenvalue weighted by molar-refractivity contribution is 0.482. The molecule has 0 radical (unpaired) electrons. The van der Waals surface area contributed by atoms with E-state index in [2.05, 4.69) is 65.3 Å². The van der Waals surface area contributed by atoms with Crippen LogP contribution in [0.5, 0.6) is 0 Å². The van der Waals surface area contributed by atoms with Crippen molar-refractivity contribution in [2.45, 2.75) is 26.8 Å². The molecule has 0 saturated carbocycles. The third-order valence-electron chi connectivity index (χ3n) is 3.40. The largest absolute Gasteiger partial charge is 0.265 e. The summed E-state index contributed by atoms with van der Waals surface area (Å²) < 4.78 is 2.07. The summed E-state index contributed by atoms with van der Waals surface area (Å²) in [6.07, 6.45) is 2.93. The Morgan fingerprint density at radius 3 is 2.78 bits per heavy atom. The molecule has 0 amide bonds. The van der Waals surface area contributed by atoms with Gasteiger partial charge in [-0.05, 0) is 13.0 Å². The highest BCUT2D eigenvalue weighted by Gasteiger charge is 2.22. The van der Waals surface area contributed by atoms with E-state index in [1.807, 2.05) is 6.08 Å². The van der Waals surface area contributed by atoms with Crippen LogP contribution in [0.3, 0.4) is 0 Å². The van der Waals surface area contributed by atoms with E-state index in [1.165, 1.54) is 10.9 Å². The lowest BCUT2D eigenvalue weighted by atomic mass is 9.87. The van der Waals surface area contributed by atoms with E-state index < -0.39 is 0 Å². The van der Waals surface area contributed by atoms with Crippen LogP contribution in [0, 0.1) is 5.41 Å². The van der Waals surface area contributed by atoms with Crippen LogP contribution in [0.1, 0.15) is 19.5 Å². The number of aromatic nitrogens is 2. The first-order valence-corrected chi connectivity index (χ1v) is 7.39. The molecule has 96 valence electrons. The number of aryl methyl sites for hydroxylation is 1. The second-order valence-corrected chi connectivity index (χ2v) is 5.51. The van der Waals surface area contributed by atoms with Crippen LogP contribution in [0.4, 0.5) is 0 Å². The van der Waals surface area contributed by atoms with Crippen molar-refractivity contribution in [2.75, 3.05) is 5.33 Å². The topological polar surface area (TPSA) is 17.8 Å². The third-order valence-corrected chi connectivity index (χ3v) is 4.68. The summed E-state index contributed by atoms with van der Waals surface area (Å²) in [6.45, 7) is 9.17. The molecule has 0 saturated heterocycles. The standard InChI is InChI=1S/C15H19BrN2/c1-4-15(3,11-16)10-13-12-8-6-7-9-14(12)18(5-2)17-13/h4,6-9H,1,5,10-11H2,2-3H3. The maximum atomic E-state index is 4.74. The maximum Gasteiger partial charge on any atom is 0.0712 e. The van der Waals surface area contributed by atoms with Crippen molar-refractivity contribution < 1.29 is 0 Å². The Balaban J connectivity index is 2.48. The van der Waals surface area contributed by atoms with Gasteiger partial charge in [0.1, 0.15) is 0 Å². The Morgan fingerprint density at radius 1 is 1.44 bits per heavy atom. The molecular formula is C15H19BrN2. The number of hydrogen-bond acceptors (Lipinski definition) is 1. The van der Waals surface area contributed by atoms with Gasteiger partial charge in [0.25, 0.3) is 0 Å². The first-order chi connectivity index (χ1) is 8.63. The van der Waals surface area contributed by atoms with E-state index in [0.29, 0.717) is 0 Å². The van der Waals surface area contributed by atoms with Crippen LogP contribution in [-0.2, 0) is 13.0 Å². The quantitative estimate of drug-likeness (QED) is 0.598. The highest BCUT2D eigenvalue weighted by atomic mass is 79.9. The molecule has 1 heterocycles. The molecule has 18 heavy (non-hydrogen) atoms. The predicted octanol–water partition coefficient (Wildman–Crippen LogP) is 4.19. The van der Waals surface area contributed by atoms with E-state index >= 15 is 0 Å². The molecule has 1 unspecified atom stereocenters. The van der Waals surface area contributed by atoms with Crippen LogP contribution in [-0.4, -0.2) is 15.1 Å². The average molecular weight is 307 g/mol. The van der Waals surface area contributed by atoms with Gasteiger partial charge in [-0.1, -0.05) is 47.1 Å². The Hall–Kier alpha value is -1.09. The van der Waals surface area contributed by atoms with Gasteiger partial charge >= 0.3 is 0 Å². The molecule has 2 nitrogen and oxygen atoms in total. The molecule has 0 fully saturated rings. The Bertz CT molecular complexity index is 559. The highest BCUT2D eigenvalue weighted by molar-refractivity contribution is 9.09. The number of benzene rings is 1. The lowest BCUT2D eigenvalue weighted by Crippen LogP contribution is -2.18. The van der Waals surface area contributed by atoms with Gasteiger partial charge < -0.3 is 0 Å². The summed E-state index contributed by atoms with van der Waals surface area (Å²) in [7, 11) is 0. The van der Waals surface area contributed by atoms with E-state index in [0.717, 1.165) is 24.0 Å². The number of fused-ring (bicyclic) bond motifs is 1. The molecule has 1 atom stereocenters. The molecule has 0 aliphatic heterocycles. The molecule has 0 aliphatic rings. The summed E-state index contributed by atoms with van der Waals surface area (Å²) in [4.78, 5) is 0. The van der Waals surface area contributed by atoms with E-state index in [1.54, 1.807) is 0 Å². The number of halogens is 1. The second-order valence-electron chi connectivity index (χ2n) is 4.95. The molecule has 0 bridgehead atoms. The molecule has 0 N–H and O–H groups in total. The number of rotatable bonds is 5. The lowest BCUT2D eigenvalue weighted by Gasteiger charge is -2.21.